The topological polar surface area (TPSA) is 163 Å². The Morgan fingerprint density at radius 3 is 2.86 bits per heavy atom. The number of imidazole rings is 1. The summed E-state index contributed by atoms with van der Waals surface area (Å²) in [5.74, 6) is -0.523. The first kappa shape index (κ1) is 19.2. The van der Waals surface area contributed by atoms with Gasteiger partial charge in [0.25, 0.3) is 5.91 Å². The Bertz CT molecular complexity index is 1000. The average molecular weight is 402 g/mol. The highest BCUT2D eigenvalue weighted by Gasteiger charge is 2.47. The van der Waals surface area contributed by atoms with Crippen molar-refractivity contribution in [2.45, 2.75) is 37.9 Å². The molecule has 3 aromatic heterocycles. The minimum atomic E-state index is -1.38. The fourth-order valence-electron chi connectivity index (χ4n) is 3.29. The molecular weight excluding hydrogens is 380 g/mol. The van der Waals surface area contributed by atoms with Crippen LogP contribution in [0.1, 0.15) is 19.6 Å². The first-order valence-electron chi connectivity index (χ1n) is 9.26. The lowest BCUT2D eigenvalue weighted by Gasteiger charge is -2.17. The molecule has 0 aliphatic carbocycles. The molecule has 5 N–H and O–H groups in total. The number of likely N-dealkylation sites (N-methyl/N-ethyl adjacent to an activating group) is 1. The lowest BCUT2D eigenvalue weighted by atomic mass is 10.1. The minimum absolute atomic E-state index is 0.415. The number of anilines is 1. The van der Waals surface area contributed by atoms with E-state index in [0.29, 0.717) is 22.6 Å². The van der Waals surface area contributed by atoms with Gasteiger partial charge < -0.3 is 25.6 Å². The van der Waals surface area contributed by atoms with Crippen LogP contribution in [0.15, 0.2) is 18.6 Å². The molecule has 4 heterocycles. The largest absolute Gasteiger partial charge is 0.387 e. The molecule has 0 bridgehead atoms. The van der Waals surface area contributed by atoms with Crippen molar-refractivity contribution in [3.05, 3.63) is 18.6 Å². The summed E-state index contributed by atoms with van der Waals surface area (Å²) in [6, 6.07) is 1.82. The number of aliphatic hydroxyl groups excluding tert-OH is 2. The van der Waals surface area contributed by atoms with Crippen molar-refractivity contribution in [2.75, 3.05) is 18.9 Å². The van der Waals surface area contributed by atoms with Crippen molar-refractivity contribution in [2.24, 2.45) is 0 Å². The van der Waals surface area contributed by atoms with Crippen LogP contribution in [-0.2, 0) is 9.53 Å². The summed E-state index contributed by atoms with van der Waals surface area (Å²) in [5, 5.41) is 36.8. The van der Waals surface area contributed by atoms with Crippen LogP contribution < -0.4 is 10.6 Å². The number of nitrogens with zero attached hydrogens (tertiary/aromatic N) is 5. The van der Waals surface area contributed by atoms with Gasteiger partial charge in [-0.1, -0.05) is 12.1 Å². The molecule has 1 aliphatic heterocycles. The summed E-state index contributed by atoms with van der Waals surface area (Å²) in [6.07, 6.45) is -0.953. The van der Waals surface area contributed by atoms with E-state index in [0.717, 1.165) is 18.7 Å². The minimum Gasteiger partial charge on any atom is -0.387 e. The second kappa shape index (κ2) is 7.73. The molecule has 0 spiro atoms. The number of aromatic amines is 1. The monoisotopic (exact) mass is 402 g/mol. The third kappa shape index (κ3) is 3.30. The summed E-state index contributed by atoms with van der Waals surface area (Å²) in [5.41, 5.74) is 2.81. The van der Waals surface area contributed by atoms with Gasteiger partial charge in [-0.2, -0.15) is 0 Å². The van der Waals surface area contributed by atoms with E-state index < -0.39 is 30.4 Å². The summed E-state index contributed by atoms with van der Waals surface area (Å²) in [7, 11) is 1.43. The molecule has 1 amide bonds. The van der Waals surface area contributed by atoms with Crippen molar-refractivity contribution < 1.29 is 19.7 Å². The predicted molar refractivity (Wildman–Crippen MR) is 102 cm³/mol. The highest BCUT2D eigenvalue weighted by Crippen LogP contribution is 2.34. The molecule has 0 saturated carbocycles. The Labute approximate surface area is 165 Å². The number of pyridine rings is 1. The number of rotatable bonds is 6. The van der Waals surface area contributed by atoms with Crippen molar-refractivity contribution in [1.82, 2.24) is 35.3 Å². The summed E-state index contributed by atoms with van der Waals surface area (Å²) >= 11 is 0. The number of hydrogen-bond acceptors (Lipinski definition) is 9. The number of aromatic nitrogens is 6. The highest BCUT2D eigenvalue weighted by atomic mass is 16.6. The predicted octanol–water partition coefficient (Wildman–Crippen LogP) is -0.596. The number of hydrogen-bond donors (Lipinski definition) is 5. The van der Waals surface area contributed by atoms with Crippen LogP contribution >= 0.6 is 0 Å². The zero-order valence-corrected chi connectivity index (χ0v) is 15.9. The van der Waals surface area contributed by atoms with Crippen LogP contribution in [0, 0.1) is 0 Å². The van der Waals surface area contributed by atoms with Gasteiger partial charge in [0.05, 0.1) is 23.9 Å². The zero-order valence-electron chi connectivity index (χ0n) is 15.9. The summed E-state index contributed by atoms with van der Waals surface area (Å²) in [4.78, 5) is 21.0. The standard InChI is InChI=1S/C17H22N8O4/c1-3-4-19-9-5-8(10-6-21-24-23-10)22-15-11(9)20-7-25(15)17-13(27)12(26)14(29-17)16(28)18-2/h5-7,12-14,17,26-27H,3-4H2,1-2H3,(H,18,28)(H,19,22)(H,21,23,24)/t12-,13+,14-,17?/m1/s1. The van der Waals surface area contributed by atoms with Crippen molar-refractivity contribution in [3.8, 4) is 11.4 Å². The molecule has 3 aromatic rings. The number of aliphatic hydroxyl groups is 2. The molecule has 1 saturated heterocycles. The number of H-pyrrole nitrogens is 1. The lowest BCUT2D eigenvalue weighted by Crippen LogP contribution is -2.41. The molecule has 4 rings (SSSR count). The van der Waals surface area contributed by atoms with E-state index in [1.807, 2.05) is 13.0 Å². The van der Waals surface area contributed by atoms with Crippen LogP contribution in [-0.4, -0.2) is 78.0 Å². The highest BCUT2D eigenvalue weighted by molar-refractivity contribution is 5.88. The van der Waals surface area contributed by atoms with E-state index in [1.165, 1.54) is 17.9 Å². The second-order valence-corrected chi connectivity index (χ2v) is 6.71. The van der Waals surface area contributed by atoms with Gasteiger partial charge >= 0.3 is 0 Å². The lowest BCUT2D eigenvalue weighted by molar-refractivity contribution is -0.137. The molecule has 1 aliphatic rings. The van der Waals surface area contributed by atoms with Crippen LogP contribution in [0.25, 0.3) is 22.6 Å². The molecular formula is C17H22N8O4. The Balaban J connectivity index is 1.79. The van der Waals surface area contributed by atoms with E-state index in [9.17, 15) is 15.0 Å². The van der Waals surface area contributed by atoms with Gasteiger partial charge in [0, 0.05) is 13.6 Å². The van der Waals surface area contributed by atoms with Crippen LogP contribution in [0.5, 0.6) is 0 Å². The van der Waals surface area contributed by atoms with E-state index in [1.54, 1.807) is 6.20 Å². The maximum atomic E-state index is 12.0. The summed E-state index contributed by atoms with van der Waals surface area (Å²) < 4.78 is 7.17. The Morgan fingerprint density at radius 2 is 2.17 bits per heavy atom. The van der Waals surface area contributed by atoms with Gasteiger partial charge in [0.2, 0.25) is 0 Å². The first-order chi connectivity index (χ1) is 14.0. The molecule has 12 nitrogen and oxygen atoms in total. The molecule has 0 radical (unpaired) electrons. The van der Waals surface area contributed by atoms with Crippen LogP contribution in [0.2, 0.25) is 0 Å². The number of nitrogens with one attached hydrogen (secondary N) is 3. The van der Waals surface area contributed by atoms with Crippen molar-refractivity contribution >= 4 is 22.8 Å². The van der Waals surface area contributed by atoms with E-state index >= 15 is 0 Å². The third-order valence-electron chi connectivity index (χ3n) is 4.79. The molecule has 1 unspecified atom stereocenters. The maximum Gasteiger partial charge on any atom is 0.251 e. The summed E-state index contributed by atoms with van der Waals surface area (Å²) in [6.45, 7) is 2.77. The van der Waals surface area contributed by atoms with E-state index in [-0.39, 0.29) is 0 Å². The van der Waals surface area contributed by atoms with Gasteiger partial charge in [-0.25, -0.2) is 9.97 Å². The van der Waals surface area contributed by atoms with Gasteiger partial charge in [0.15, 0.2) is 18.0 Å². The fraction of sp³-hybridized carbons (Fsp3) is 0.471. The number of ether oxygens (including phenoxy) is 1. The quantitative estimate of drug-likeness (QED) is 0.362. The van der Waals surface area contributed by atoms with Gasteiger partial charge in [-0.3, -0.25) is 14.5 Å². The smallest absolute Gasteiger partial charge is 0.251 e. The zero-order chi connectivity index (χ0) is 20.5. The van der Waals surface area contributed by atoms with E-state index in [4.69, 9.17) is 4.74 Å². The normalized spacial score (nSPS) is 24.1. The maximum absolute atomic E-state index is 12.0. The van der Waals surface area contributed by atoms with Crippen LogP contribution in [0.4, 0.5) is 5.69 Å². The number of fused-ring (bicyclic) bond motifs is 1. The van der Waals surface area contributed by atoms with Gasteiger partial charge in [-0.05, 0) is 12.5 Å². The Hall–Kier alpha value is -3.09. The number of carbonyl (C=O) groups is 1. The third-order valence-corrected chi connectivity index (χ3v) is 4.79. The molecule has 154 valence electrons. The Morgan fingerprint density at radius 1 is 1.34 bits per heavy atom. The fourth-order valence-corrected chi connectivity index (χ4v) is 3.29. The second-order valence-electron chi connectivity index (χ2n) is 6.71. The van der Waals surface area contributed by atoms with Crippen molar-refractivity contribution in [1.29, 1.82) is 0 Å². The number of amides is 1. The van der Waals surface area contributed by atoms with Gasteiger partial charge in [-0.15, -0.1) is 5.10 Å². The first-order valence-corrected chi connectivity index (χ1v) is 9.26. The number of carbonyl (C=O) groups excluding carboxylic acids is 1. The Kier molecular flexibility index (Phi) is 5.13. The molecule has 12 heteroatoms. The molecule has 29 heavy (non-hydrogen) atoms. The molecule has 4 atom stereocenters. The van der Waals surface area contributed by atoms with Crippen LogP contribution in [0.3, 0.4) is 0 Å². The van der Waals surface area contributed by atoms with E-state index in [2.05, 4.69) is 36.0 Å². The van der Waals surface area contributed by atoms with Crippen molar-refractivity contribution in [3.63, 3.8) is 0 Å². The van der Waals surface area contributed by atoms with Gasteiger partial charge in [0.1, 0.15) is 23.4 Å². The average Bonchev–Trinajstić information content (AvgIpc) is 3.46. The molecule has 1 fully saturated rings. The SMILES string of the molecule is CCCNc1cc(-c2c[nH]nn2)nc2c1ncn2C1O[C@@H](C(=O)NC)[C@H](O)[C@@H]1O. The molecule has 0 aromatic carbocycles.